The van der Waals surface area contributed by atoms with Crippen LogP contribution in [0.2, 0.25) is 0 Å². The van der Waals surface area contributed by atoms with Crippen LogP contribution < -0.4 is 0 Å². The molecule has 0 atom stereocenters. The summed E-state index contributed by atoms with van der Waals surface area (Å²) < 4.78 is 13.4. The molecule has 0 amide bonds. The first kappa shape index (κ1) is 9.64. The van der Waals surface area contributed by atoms with E-state index in [1.807, 2.05) is 0 Å². The highest BCUT2D eigenvalue weighted by molar-refractivity contribution is 5.82. The average Bonchev–Trinajstić information content (AvgIpc) is 2.59. The molecular formula is C10H9FN2O2. The molecule has 2 rings (SSSR count). The molecule has 0 unspecified atom stereocenters. The Hall–Kier alpha value is -1.91. The fourth-order valence-corrected chi connectivity index (χ4v) is 1.50. The van der Waals surface area contributed by atoms with Gasteiger partial charge in [0, 0.05) is 12.1 Å². The second-order valence-corrected chi connectivity index (χ2v) is 3.23. The number of aromatic nitrogens is 2. The maximum absolute atomic E-state index is 13.4. The molecule has 1 aromatic heterocycles. The van der Waals surface area contributed by atoms with Gasteiger partial charge in [-0.1, -0.05) is 6.07 Å². The van der Waals surface area contributed by atoms with Gasteiger partial charge >= 0.3 is 5.97 Å². The van der Waals surface area contributed by atoms with E-state index < -0.39 is 5.97 Å². The van der Waals surface area contributed by atoms with Gasteiger partial charge in [0.1, 0.15) is 5.82 Å². The third kappa shape index (κ3) is 1.81. The van der Waals surface area contributed by atoms with E-state index in [4.69, 9.17) is 5.11 Å². The summed E-state index contributed by atoms with van der Waals surface area (Å²) in [5.41, 5.74) is 1.06. The zero-order chi connectivity index (χ0) is 10.8. The normalized spacial score (nSPS) is 10.7. The van der Waals surface area contributed by atoms with Crippen molar-refractivity contribution in [1.82, 2.24) is 10.2 Å². The van der Waals surface area contributed by atoms with E-state index >= 15 is 0 Å². The van der Waals surface area contributed by atoms with Gasteiger partial charge < -0.3 is 5.11 Å². The lowest BCUT2D eigenvalue weighted by Gasteiger charge is -1.96. The maximum Gasteiger partial charge on any atom is 0.303 e. The van der Waals surface area contributed by atoms with Crippen molar-refractivity contribution in [3.63, 3.8) is 0 Å². The molecule has 0 radical (unpaired) electrons. The van der Waals surface area contributed by atoms with Crippen molar-refractivity contribution in [3.05, 3.63) is 29.7 Å². The molecule has 0 saturated heterocycles. The summed E-state index contributed by atoms with van der Waals surface area (Å²) in [5.74, 6) is -1.28. The Morgan fingerprint density at radius 1 is 1.53 bits per heavy atom. The fraction of sp³-hybridized carbons (Fsp3) is 0.200. The van der Waals surface area contributed by atoms with Gasteiger partial charge in [-0.25, -0.2) is 4.39 Å². The minimum absolute atomic E-state index is 0.0361. The van der Waals surface area contributed by atoms with Crippen LogP contribution in [0.3, 0.4) is 0 Å². The standard InChI is InChI=1S/C10H9FN2O2/c11-6-2-1-3-7-10(6)8(13-12-7)4-5-9(14)15/h1-3H,4-5H2,(H,12,13)(H,14,15). The van der Waals surface area contributed by atoms with Crippen molar-refractivity contribution in [2.45, 2.75) is 12.8 Å². The van der Waals surface area contributed by atoms with Gasteiger partial charge in [0.05, 0.1) is 17.3 Å². The first-order chi connectivity index (χ1) is 7.18. The van der Waals surface area contributed by atoms with Crippen molar-refractivity contribution >= 4 is 16.9 Å². The highest BCUT2D eigenvalue weighted by Gasteiger charge is 2.10. The Labute approximate surface area is 84.7 Å². The number of halogens is 1. The fourth-order valence-electron chi connectivity index (χ4n) is 1.50. The quantitative estimate of drug-likeness (QED) is 0.807. The van der Waals surface area contributed by atoms with Gasteiger partial charge in [-0.05, 0) is 12.1 Å². The summed E-state index contributed by atoms with van der Waals surface area (Å²) in [4.78, 5) is 10.4. The van der Waals surface area contributed by atoms with Gasteiger partial charge in [-0.15, -0.1) is 0 Å². The number of nitrogens with zero attached hydrogens (tertiary/aromatic N) is 1. The van der Waals surface area contributed by atoms with Crippen molar-refractivity contribution in [1.29, 1.82) is 0 Å². The van der Waals surface area contributed by atoms with Crippen LogP contribution in [0.5, 0.6) is 0 Å². The molecule has 0 aliphatic heterocycles. The molecular weight excluding hydrogens is 199 g/mol. The van der Waals surface area contributed by atoms with E-state index in [0.717, 1.165) is 0 Å². The minimum atomic E-state index is -0.908. The van der Waals surface area contributed by atoms with Crippen LogP contribution in [0, 0.1) is 5.82 Å². The van der Waals surface area contributed by atoms with E-state index in [1.54, 1.807) is 12.1 Å². The lowest BCUT2D eigenvalue weighted by Crippen LogP contribution is -1.98. The Morgan fingerprint density at radius 2 is 2.33 bits per heavy atom. The number of carboxylic acid groups (broad SMARTS) is 1. The predicted molar refractivity (Wildman–Crippen MR) is 52.0 cm³/mol. The van der Waals surface area contributed by atoms with Crippen LogP contribution >= 0.6 is 0 Å². The summed E-state index contributed by atoms with van der Waals surface area (Å²) in [6.07, 6.45) is 0.221. The summed E-state index contributed by atoms with van der Waals surface area (Å²) >= 11 is 0. The topological polar surface area (TPSA) is 66.0 Å². The summed E-state index contributed by atoms with van der Waals surface area (Å²) in [5, 5.41) is 15.5. The Morgan fingerprint density at radius 3 is 3.07 bits per heavy atom. The van der Waals surface area contributed by atoms with Crippen LogP contribution in [0.15, 0.2) is 18.2 Å². The molecule has 4 nitrogen and oxygen atoms in total. The van der Waals surface area contributed by atoms with Gasteiger partial charge in [0.25, 0.3) is 0 Å². The van der Waals surface area contributed by atoms with E-state index in [2.05, 4.69) is 10.2 Å². The molecule has 2 aromatic rings. The second-order valence-electron chi connectivity index (χ2n) is 3.23. The van der Waals surface area contributed by atoms with Gasteiger partial charge in [0.2, 0.25) is 0 Å². The Kier molecular flexibility index (Phi) is 2.37. The number of hydrogen-bond donors (Lipinski definition) is 2. The first-order valence-corrected chi connectivity index (χ1v) is 4.52. The SMILES string of the molecule is O=C(O)CCc1[nH]nc2cccc(F)c12. The number of H-pyrrole nitrogens is 1. The molecule has 0 aliphatic rings. The lowest BCUT2D eigenvalue weighted by molar-refractivity contribution is -0.136. The largest absolute Gasteiger partial charge is 0.481 e. The van der Waals surface area contributed by atoms with Crippen molar-refractivity contribution in [2.24, 2.45) is 0 Å². The number of nitrogens with one attached hydrogen (secondary N) is 1. The summed E-state index contributed by atoms with van der Waals surface area (Å²) in [6.45, 7) is 0. The molecule has 0 aliphatic carbocycles. The monoisotopic (exact) mass is 208 g/mol. The Bertz CT molecular complexity index is 507. The number of fused-ring (bicyclic) bond motifs is 1. The number of aromatic amines is 1. The number of aryl methyl sites for hydroxylation is 1. The van der Waals surface area contributed by atoms with E-state index in [9.17, 15) is 9.18 Å². The van der Waals surface area contributed by atoms with Crippen molar-refractivity contribution in [3.8, 4) is 0 Å². The maximum atomic E-state index is 13.4. The van der Waals surface area contributed by atoms with Crippen LogP contribution in [0.25, 0.3) is 10.9 Å². The van der Waals surface area contributed by atoms with E-state index in [1.165, 1.54) is 6.07 Å². The highest BCUT2D eigenvalue weighted by atomic mass is 19.1. The summed E-state index contributed by atoms with van der Waals surface area (Å²) in [6, 6.07) is 4.58. The third-order valence-corrected chi connectivity index (χ3v) is 2.19. The van der Waals surface area contributed by atoms with Gasteiger partial charge in [-0.2, -0.15) is 5.10 Å². The zero-order valence-electron chi connectivity index (χ0n) is 7.83. The molecule has 78 valence electrons. The molecule has 5 heteroatoms. The average molecular weight is 208 g/mol. The molecule has 1 aromatic carbocycles. The highest BCUT2D eigenvalue weighted by Crippen LogP contribution is 2.20. The third-order valence-electron chi connectivity index (χ3n) is 2.19. The molecule has 2 N–H and O–H groups in total. The van der Waals surface area contributed by atoms with Crippen LogP contribution in [0.1, 0.15) is 12.1 Å². The number of aliphatic carboxylic acids is 1. The van der Waals surface area contributed by atoms with E-state index in [0.29, 0.717) is 16.6 Å². The Balaban J connectivity index is 2.39. The second kappa shape index (κ2) is 3.68. The summed E-state index contributed by atoms with van der Waals surface area (Å²) in [7, 11) is 0. The molecule has 15 heavy (non-hydrogen) atoms. The van der Waals surface area contributed by atoms with Gasteiger partial charge in [0.15, 0.2) is 0 Å². The smallest absolute Gasteiger partial charge is 0.303 e. The molecule has 0 saturated carbocycles. The first-order valence-electron chi connectivity index (χ1n) is 4.52. The predicted octanol–water partition coefficient (Wildman–Crippen LogP) is 1.72. The van der Waals surface area contributed by atoms with Gasteiger partial charge in [-0.3, -0.25) is 9.89 Å². The number of rotatable bonds is 3. The molecule has 0 fully saturated rings. The number of benzene rings is 1. The number of carboxylic acids is 1. The minimum Gasteiger partial charge on any atom is -0.481 e. The van der Waals surface area contributed by atoms with Crippen molar-refractivity contribution in [2.75, 3.05) is 0 Å². The number of hydrogen-bond acceptors (Lipinski definition) is 2. The molecule has 1 heterocycles. The molecule has 0 spiro atoms. The van der Waals surface area contributed by atoms with Crippen LogP contribution in [0.4, 0.5) is 4.39 Å². The van der Waals surface area contributed by atoms with Crippen molar-refractivity contribution < 1.29 is 14.3 Å². The lowest BCUT2D eigenvalue weighted by atomic mass is 10.1. The number of carbonyl (C=O) groups is 1. The zero-order valence-corrected chi connectivity index (χ0v) is 7.83. The van der Waals surface area contributed by atoms with Crippen LogP contribution in [-0.2, 0) is 11.2 Å². The van der Waals surface area contributed by atoms with E-state index in [-0.39, 0.29) is 18.7 Å². The molecule has 0 bridgehead atoms. The van der Waals surface area contributed by atoms with Crippen LogP contribution in [-0.4, -0.2) is 21.3 Å².